The van der Waals surface area contributed by atoms with Gasteiger partial charge in [-0.15, -0.1) is 0 Å². The molecule has 0 saturated carbocycles. The van der Waals surface area contributed by atoms with Gasteiger partial charge in [0, 0.05) is 50.7 Å². The van der Waals surface area contributed by atoms with Gasteiger partial charge in [0.25, 0.3) is 5.91 Å². The molecular weight excluding hydrogens is 368 g/mol. The highest BCUT2D eigenvalue weighted by Crippen LogP contribution is 2.27. The highest BCUT2D eigenvalue weighted by atomic mass is 16.2. The van der Waals surface area contributed by atoms with Crippen LogP contribution in [0.4, 0.5) is 0 Å². The van der Waals surface area contributed by atoms with Crippen molar-refractivity contribution in [3.63, 3.8) is 0 Å². The highest BCUT2D eigenvalue weighted by molar-refractivity contribution is 6.05. The number of primary amides is 1. The number of nitrogens with zero attached hydrogens (tertiary/aromatic N) is 3. The topological polar surface area (TPSA) is 107 Å². The molecule has 8 heteroatoms. The smallest absolute Gasteiger partial charge is 0.250 e. The first-order chi connectivity index (χ1) is 14.0. The van der Waals surface area contributed by atoms with Crippen LogP contribution < -0.4 is 11.1 Å². The molecule has 2 saturated heterocycles. The lowest BCUT2D eigenvalue weighted by Gasteiger charge is -2.40. The summed E-state index contributed by atoms with van der Waals surface area (Å²) in [7, 11) is 0. The molecule has 2 fully saturated rings. The van der Waals surface area contributed by atoms with Crippen molar-refractivity contribution in [3.8, 4) is 0 Å². The van der Waals surface area contributed by atoms with E-state index in [4.69, 9.17) is 5.73 Å². The Kier molecular flexibility index (Phi) is 5.82. The van der Waals surface area contributed by atoms with E-state index in [0.717, 1.165) is 63.1 Å². The lowest BCUT2D eigenvalue weighted by atomic mass is 9.93. The van der Waals surface area contributed by atoms with Gasteiger partial charge in [0.05, 0.1) is 23.7 Å². The molecule has 0 aliphatic carbocycles. The number of aromatic nitrogens is 2. The monoisotopic (exact) mass is 397 g/mol. The van der Waals surface area contributed by atoms with Crippen LogP contribution in [0.1, 0.15) is 41.6 Å². The summed E-state index contributed by atoms with van der Waals surface area (Å²) < 4.78 is 0. The Balaban J connectivity index is 1.37. The zero-order valence-electron chi connectivity index (χ0n) is 16.9. The summed E-state index contributed by atoms with van der Waals surface area (Å²) in [5.74, 6) is -0.565. The van der Waals surface area contributed by atoms with Crippen molar-refractivity contribution in [2.75, 3.05) is 39.3 Å². The minimum Gasteiger partial charge on any atom is -0.366 e. The normalized spacial score (nSPS) is 20.1. The Labute approximate surface area is 170 Å². The van der Waals surface area contributed by atoms with Crippen LogP contribution in [0, 0.1) is 6.42 Å². The molecule has 4 rings (SSSR count). The number of amides is 2. The molecule has 3 heterocycles. The molecule has 2 aliphatic heterocycles. The first-order valence-electron chi connectivity index (χ1n) is 10.4. The number of benzene rings is 1. The van der Waals surface area contributed by atoms with E-state index >= 15 is 0 Å². The Bertz CT molecular complexity index is 880. The predicted octanol–water partition coefficient (Wildman–Crippen LogP) is 0.866. The third-order valence-electron chi connectivity index (χ3n) is 6.20. The summed E-state index contributed by atoms with van der Waals surface area (Å²) in [5.41, 5.74) is 7.44. The van der Waals surface area contributed by atoms with E-state index in [1.807, 2.05) is 17.9 Å². The number of aromatic amines is 1. The van der Waals surface area contributed by atoms with E-state index in [1.165, 1.54) is 0 Å². The quantitative estimate of drug-likeness (QED) is 0.694. The van der Waals surface area contributed by atoms with Crippen LogP contribution in [0.5, 0.6) is 0 Å². The molecule has 1 aromatic heterocycles. The molecule has 8 nitrogen and oxygen atoms in total. The number of likely N-dealkylation sites (tertiary alicyclic amines) is 1. The first kappa shape index (κ1) is 19.8. The van der Waals surface area contributed by atoms with Crippen LogP contribution in [-0.2, 0) is 4.79 Å². The summed E-state index contributed by atoms with van der Waals surface area (Å²) in [4.78, 5) is 29.1. The Morgan fingerprint density at radius 3 is 2.62 bits per heavy atom. The van der Waals surface area contributed by atoms with Crippen molar-refractivity contribution in [2.45, 2.75) is 31.7 Å². The number of carbonyl (C=O) groups is 2. The minimum absolute atomic E-state index is 0.0594. The van der Waals surface area contributed by atoms with Crippen LogP contribution in [0.15, 0.2) is 18.3 Å². The van der Waals surface area contributed by atoms with Crippen molar-refractivity contribution in [1.29, 1.82) is 0 Å². The maximum absolute atomic E-state index is 12.8. The molecule has 155 valence electrons. The number of hydrogen-bond donors (Lipinski definition) is 3. The number of piperazine rings is 1. The summed E-state index contributed by atoms with van der Waals surface area (Å²) in [6, 6.07) is 4.30. The van der Waals surface area contributed by atoms with Gasteiger partial charge in [0.2, 0.25) is 5.91 Å². The summed E-state index contributed by atoms with van der Waals surface area (Å²) in [5, 5.41) is 11.0. The number of hydrogen-bond acceptors (Lipinski definition) is 5. The second-order valence-corrected chi connectivity index (χ2v) is 8.06. The van der Waals surface area contributed by atoms with Crippen molar-refractivity contribution in [2.24, 2.45) is 5.73 Å². The molecule has 2 amide bonds. The van der Waals surface area contributed by atoms with Gasteiger partial charge in [-0.05, 0) is 36.5 Å². The maximum atomic E-state index is 12.8. The fraction of sp³-hybridized carbons (Fsp3) is 0.524. The van der Waals surface area contributed by atoms with Crippen molar-refractivity contribution < 1.29 is 9.59 Å². The molecule has 0 spiro atoms. The summed E-state index contributed by atoms with van der Waals surface area (Å²) >= 11 is 0. The van der Waals surface area contributed by atoms with E-state index < -0.39 is 5.91 Å². The SMILES string of the molecule is CC([CH]C(=O)N1CCC(N2CCNCC2)CC1)c1cc(C(N)=O)c2[nH]ncc2c1. The van der Waals surface area contributed by atoms with Crippen molar-refractivity contribution >= 4 is 22.7 Å². The molecule has 2 aliphatic rings. The molecular formula is C21H29N6O2. The molecule has 4 N–H and O–H groups in total. The number of rotatable bonds is 5. The van der Waals surface area contributed by atoms with Gasteiger partial charge in [-0.25, -0.2) is 0 Å². The largest absolute Gasteiger partial charge is 0.366 e. The number of piperidine rings is 1. The second kappa shape index (κ2) is 8.51. The number of H-pyrrole nitrogens is 1. The highest BCUT2D eigenvalue weighted by Gasteiger charge is 2.28. The Hall–Kier alpha value is -2.45. The maximum Gasteiger partial charge on any atom is 0.250 e. The average molecular weight is 398 g/mol. The standard InChI is InChI=1S/C21H29N6O2/c1-14(15-11-16-13-24-25-20(16)18(12-15)21(22)29)10-19(28)27-6-2-17(3-7-27)26-8-4-23-5-9-26/h10-14,17,23H,2-9H2,1H3,(H2,22,29)(H,24,25). The van der Waals surface area contributed by atoms with Crippen molar-refractivity contribution in [3.05, 3.63) is 35.9 Å². The van der Waals surface area contributed by atoms with Gasteiger partial charge in [0.1, 0.15) is 0 Å². The second-order valence-electron chi connectivity index (χ2n) is 8.06. The number of carbonyl (C=O) groups excluding carboxylic acids is 2. The van der Waals surface area contributed by atoms with Crippen LogP contribution in [0.25, 0.3) is 10.9 Å². The molecule has 0 bridgehead atoms. The number of nitrogens with one attached hydrogen (secondary N) is 2. The van der Waals surface area contributed by atoms with Crippen LogP contribution >= 0.6 is 0 Å². The number of nitrogens with two attached hydrogens (primary N) is 1. The molecule has 29 heavy (non-hydrogen) atoms. The summed E-state index contributed by atoms with van der Waals surface area (Å²) in [6.07, 6.45) is 5.47. The molecule has 1 atom stereocenters. The van der Waals surface area contributed by atoms with E-state index in [0.29, 0.717) is 17.1 Å². The molecule has 1 unspecified atom stereocenters. The number of fused-ring (bicyclic) bond motifs is 1. The van der Waals surface area contributed by atoms with Crippen LogP contribution in [0.2, 0.25) is 0 Å². The fourth-order valence-electron chi connectivity index (χ4n) is 4.45. The zero-order chi connectivity index (χ0) is 20.4. The van der Waals surface area contributed by atoms with Crippen molar-refractivity contribution in [1.82, 2.24) is 25.3 Å². The minimum atomic E-state index is -0.505. The third kappa shape index (κ3) is 4.28. The molecule has 1 radical (unpaired) electrons. The van der Waals surface area contributed by atoms with E-state index in [2.05, 4.69) is 20.4 Å². The van der Waals surface area contributed by atoms with Gasteiger partial charge in [-0.2, -0.15) is 5.10 Å². The molecule has 2 aromatic rings. The Morgan fingerprint density at radius 2 is 1.93 bits per heavy atom. The van der Waals surface area contributed by atoms with Gasteiger partial charge < -0.3 is 16.0 Å². The summed E-state index contributed by atoms with van der Waals surface area (Å²) in [6.45, 7) is 7.86. The van der Waals surface area contributed by atoms with Gasteiger partial charge in [-0.3, -0.25) is 19.6 Å². The van der Waals surface area contributed by atoms with Crippen LogP contribution in [-0.4, -0.2) is 77.1 Å². The predicted molar refractivity (Wildman–Crippen MR) is 111 cm³/mol. The van der Waals surface area contributed by atoms with Crippen LogP contribution in [0.3, 0.4) is 0 Å². The van der Waals surface area contributed by atoms with E-state index in [-0.39, 0.29) is 11.8 Å². The van der Waals surface area contributed by atoms with Gasteiger partial charge in [0.15, 0.2) is 0 Å². The Morgan fingerprint density at radius 1 is 1.21 bits per heavy atom. The lowest BCUT2D eigenvalue weighted by Crippen LogP contribution is -2.52. The van der Waals surface area contributed by atoms with E-state index in [9.17, 15) is 9.59 Å². The van der Waals surface area contributed by atoms with Gasteiger partial charge >= 0.3 is 0 Å². The zero-order valence-corrected chi connectivity index (χ0v) is 16.9. The first-order valence-corrected chi connectivity index (χ1v) is 10.4. The van der Waals surface area contributed by atoms with E-state index in [1.54, 1.807) is 18.7 Å². The lowest BCUT2D eigenvalue weighted by molar-refractivity contribution is -0.129. The molecule has 1 aromatic carbocycles. The third-order valence-corrected chi connectivity index (χ3v) is 6.20. The van der Waals surface area contributed by atoms with Gasteiger partial charge in [-0.1, -0.05) is 6.92 Å². The average Bonchev–Trinajstić information content (AvgIpc) is 3.22. The fourth-order valence-corrected chi connectivity index (χ4v) is 4.45.